The fourth-order valence-corrected chi connectivity index (χ4v) is 3.34. The molecule has 29 heavy (non-hydrogen) atoms. The summed E-state index contributed by atoms with van der Waals surface area (Å²) in [5.74, 6) is 6.62. The van der Waals surface area contributed by atoms with Crippen molar-refractivity contribution in [2.24, 2.45) is 0 Å². The second kappa shape index (κ2) is 11.0. The minimum Gasteiger partial charge on any atom is -0.444 e. The Labute approximate surface area is 176 Å². The molecule has 0 aliphatic carbocycles. The quantitative estimate of drug-likeness (QED) is 0.587. The summed E-state index contributed by atoms with van der Waals surface area (Å²) in [7, 11) is 1.94. The van der Waals surface area contributed by atoms with Crippen LogP contribution in [0.5, 0.6) is 0 Å². The molecule has 1 aliphatic rings. The highest BCUT2D eigenvalue weighted by Crippen LogP contribution is 2.16. The number of nitrogens with zero attached hydrogens (tertiary/aromatic N) is 2. The molecule has 0 spiro atoms. The summed E-state index contributed by atoms with van der Waals surface area (Å²) in [6.45, 7) is 14.7. The lowest BCUT2D eigenvalue weighted by molar-refractivity contribution is 0.0145. The summed E-state index contributed by atoms with van der Waals surface area (Å²) < 4.78 is 5.45. The van der Waals surface area contributed by atoms with Crippen LogP contribution in [0.15, 0.2) is 24.8 Å². The third-order valence-electron chi connectivity index (χ3n) is 4.79. The standard InChI is InChI=1S/C24H35N3O2/c1-6-22-20(12-10-13-21(22)19-25-5)11-8-7-9-14-26-15-17-27(18-16-26)23(28)29-24(2,3)4/h6,10,12-13,25H,1,7,9,14-19H2,2-5H3. The van der Waals surface area contributed by atoms with Crippen LogP contribution in [0, 0.1) is 11.8 Å². The van der Waals surface area contributed by atoms with Gasteiger partial charge in [0.15, 0.2) is 0 Å². The van der Waals surface area contributed by atoms with Crippen molar-refractivity contribution in [3.63, 3.8) is 0 Å². The molecular formula is C24H35N3O2. The van der Waals surface area contributed by atoms with Gasteiger partial charge in [-0.3, -0.25) is 4.90 Å². The molecule has 0 radical (unpaired) electrons. The van der Waals surface area contributed by atoms with Gasteiger partial charge in [-0.25, -0.2) is 4.79 Å². The molecule has 0 aromatic heterocycles. The van der Waals surface area contributed by atoms with Crippen molar-refractivity contribution in [2.45, 2.75) is 45.8 Å². The van der Waals surface area contributed by atoms with Gasteiger partial charge in [0.05, 0.1) is 0 Å². The van der Waals surface area contributed by atoms with Crippen molar-refractivity contribution in [1.29, 1.82) is 0 Å². The molecule has 0 saturated carbocycles. The fraction of sp³-hybridized carbons (Fsp3) is 0.542. The van der Waals surface area contributed by atoms with E-state index in [1.807, 2.05) is 40.0 Å². The Morgan fingerprint density at radius 3 is 2.62 bits per heavy atom. The van der Waals surface area contributed by atoms with Crippen LogP contribution in [-0.2, 0) is 11.3 Å². The Hall–Kier alpha value is -2.29. The first kappa shape index (κ1) is 23.0. The average molecular weight is 398 g/mol. The second-order valence-electron chi connectivity index (χ2n) is 8.33. The molecule has 0 bridgehead atoms. The van der Waals surface area contributed by atoms with E-state index in [2.05, 4.69) is 40.8 Å². The zero-order valence-electron chi connectivity index (χ0n) is 18.4. The number of amides is 1. The number of carbonyl (C=O) groups is 1. The Kier molecular flexibility index (Phi) is 8.75. The minimum absolute atomic E-state index is 0.207. The molecule has 2 rings (SSSR count). The molecular weight excluding hydrogens is 362 g/mol. The summed E-state index contributed by atoms with van der Waals surface area (Å²) in [6, 6.07) is 6.21. The Balaban J connectivity index is 1.76. The fourth-order valence-electron chi connectivity index (χ4n) is 3.34. The number of hydrogen-bond acceptors (Lipinski definition) is 4. The molecule has 1 aromatic rings. The van der Waals surface area contributed by atoms with Gasteiger partial charge < -0.3 is 15.0 Å². The van der Waals surface area contributed by atoms with Gasteiger partial charge in [0.1, 0.15) is 5.60 Å². The van der Waals surface area contributed by atoms with E-state index in [1.165, 1.54) is 5.56 Å². The lowest BCUT2D eigenvalue weighted by Gasteiger charge is -2.35. The Morgan fingerprint density at radius 2 is 2.00 bits per heavy atom. The number of unbranched alkanes of at least 4 members (excludes halogenated alkanes) is 1. The average Bonchev–Trinajstić information content (AvgIpc) is 2.67. The molecule has 1 amide bonds. The van der Waals surface area contributed by atoms with Crippen molar-refractivity contribution < 1.29 is 9.53 Å². The predicted octanol–water partition coefficient (Wildman–Crippen LogP) is 3.73. The molecule has 1 heterocycles. The van der Waals surface area contributed by atoms with Crippen LogP contribution in [0.2, 0.25) is 0 Å². The molecule has 1 aliphatic heterocycles. The minimum atomic E-state index is -0.440. The molecule has 5 nitrogen and oxygen atoms in total. The summed E-state index contributed by atoms with van der Waals surface area (Å²) in [5.41, 5.74) is 2.94. The van der Waals surface area contributed by atoms with Gasteiger partial charge in [-0.15, -0.1) is 0 Å². The Morgan fingerprint density at radius 1 is 1.28 bits per heavy atom. The van der Waals surface area contributed by atoms with Crippen LogP contribution >= 0.6 is 0 Å². The van der Waals surface area contributed by atoms with E-state index in [4.69, 9.17) is 4.74 Å². The third kappa shape index (κ3) is 7.56. The molecule has 1 saturated heterocycles. The summed E-state index contributed by atoms with van der Waals surface area (Å²) >= 11 is 0. The first-order valence-corrected chi connectivity index (χ1v) is 10.4. The van der Waals surface area contributed by atoms with Crippen molar-refractivity contribution in [2.75, 3.05) is 39.8 Å². The number of benzene rings is 1. The predicted molar refractivity (Wildman–Crippen MR) is 120 cm³/mol. The number of hydrogen-bond donors (Lipinski definition) is 1. The second-order valence-corrected chi connectivity index (χ2v) is 8.33. The molecule has 1 N–H and O–H groups in total. The lowest BCUT2D eigenvalue weighted by atomic mass is 10.0. The van der Waals surface area contributed by atoms with Gasteiger partial charge in [-0.2, -0.15) is 0 Å². The summed E-state index contributed by atoms with van der Waals surface area (Å²) in [4.78, 5) is 16.3. The number of piperazine rings is 1. The maximum absolute atomic E-state index is 12.1. The lowest BCUT2D eigenvalue weighted by Crippen LogP contribution is -2.50. The topological polar surface area (TPSA) is 44.8 Å². The maximum Gasteiger partial charge on any atom is 0.410 e. The SMILES string of the molecule is C=Cc1c(C#CCCCN2CCN(C(=O)OC(C)(C)C)CC2)cccc1CNC. The van der Waals surface area contributed by atoms with Crippen LogP contribution in [0.1, 0.15) is 50.3 Å². The first-order valence-electron chi connectivity index (χ1n) is 10.4. The van der Waals surface area contributed by atoms with Gasteiger partial charge >= 0.3 is 6.09 Å². The van der Waals surface area contributed by atoms with Gasteiger partial charge in [0.25, 0.3) is 0 Å². The zero-order valence-corrected chi connectivity index (χ0v) is 18.4. The summed E-state index contributed by atoms with van der Waals surface area (Å²) in [5, 5.41) is 3.19. The monoisotopic (exact) mass is 397 g/mol. The van der Waals surface area contributed by atoms with Crippen molar-refractivity contribution in [3.05, 3.63) is 41.5 Å². The third-order valence-corrected chi connectivity index (χ3v) is 4.79. The maximum atomic E-state index is 12.1. The number of rotatable bonds is 6. The van der Waals surface area contributed by atoms with Gasteiger partial charge in [0.2, 0.25) is 0 Å². The molecule has 5 heteroatoms. The van der Waals surface area contributed by atoms with Gasteiger partial charge in [-0.05, 0) is 58.0 Å². The Bertz CT molecular complexity index is 748. The largest absolute Gasteiger partial charge is 0.444 e. The van der Waals surface area contributed by atoms with Crippen molar-refractivity contribution in [1.82, 2.24) is 15.1 Å². The van der Waals surface area contributed by atoms with Crippen LogP contribution < -0.4 is 5.32 Å². The number of nitrogens with one attached hydrogen (secondary N) is 1. The van der Waals surface area contributed by atoms with E-state index in [-0.39, 0.29) is 6.09 Å². The van der Waals surface area contributed by atoms with Gasteiger partial charge in [-0.1, -0.05) is 36.6 Å². The molecule has 0 atom stereocenters. The molecule has 1 aromatic carbocycles. The molecule has 158 valence electrons. The highest BCUT2D eigenvalue weighted by molar-refractivity contribution is 5.68. The van der Waals surface area contributed by atoms with Crippen LogP contribution in [-0.4, -0.2) is 61.3 Å². The van der Waals surface area contributed by atoms with Crippen molar-refractivity contribution >= 4 is 12.2 Å². The smallest absolute Gasteiger partial charge is 0.410 e. The van der Waals surface area contributed by atoms with Crippen LogP contribution in [0.25, 0.3) is 6.08 Å². The van der Waals surface area contributed by atoms with E-state index in [9.17, 15) is 4.79 Å². The normalized spacial score (nSPS) is 14.8. The van der Waals surface area contributed by atoms with E-state index in [1.54, 1.807) is 4.90 Å². The van der Waals surface area contributed by atoms with E-state index in [0.717, 1.165) is 63.2 Å². The van der Waals surface area contributed by atoms with Gasteiger partial charge in [0, 0.05) is 44.7 Å². The number of ether oxygens (including phenoxy) is 1. The number of carbonyl (C=O) groups excluding carboxylic acids is 1. The molecule has 1 fully saturated rings. The van der Waals surface area contributed by atoms with E-state index in [0.29, 0.717) is 0 Å². The first-order chi connectivity index (χ1) is 13.8. The van der Waals surface area contributed by atoms with Crippen LogP contribution in [0.3, 0.4) is 0 Å². The van der Waals surface area contributed by atoms with E-state index < -0.39 is 5.60 Å². The summed E-state index contributed by atoms with van der Waals surface area (Å²) in [6.07, 6.45) is 3.57. The zero-order chi connectivity index (χ0) is 21.3. The highest BCUT2D eigenvalue weighted by atomic mass is 16.6. The van der Waals surface area contributed by atoms with Crippen LogP contribution in [0.4, 0.5) is 4.79 Å². The van der Waals surface area contributed by atoms with Crippen molar-refractivity contribution in [3.8, 4) is 11.8 Å². The molecule has 0 unspecified atom stereocenters. The van der Waals surface area contributed by atoms with E-state index >= 15 is 0 Å². The highest BCUT2D eigenvalue weighted by Gasteiger charge is 2.25.